The van der Waals surface area contributed by atoms with E-state index in [-0.39, 0.29) is 18.4 Å². The summed E-state index contributed by atoms with van der Waals surface area (Å²) in [6, 6.07) is 42.9. The number of nitrogens with two attached hydrogens (primary N) is 1. The van der Waals surface area contributed by atoms with Gasteiger partial charge in [0.1, 0.15) is 5.54 Å². The van der Waals surface area contributed by atoms with Crippen molar-refractivity contribution in [2.75, 3.05) is 6.61 Å². The maximum absolute atomic E-state index is 12.8. The summed E-state index contributed by atoms with van der Waals surface area (Å²) in [6.07, 6.45) is 3.94. The molecule has 2 unspecified atom stereocenters. The number of carbonyl (C=O) groups is 1. The number of fused-ring (bicyclic) bond motifs is 1. The van der Waals surface area contributed by atoms with E-state index in [9.17, 15) is 9.90 Å². The Morgan fingerprint density at radius 1 is 0.786 bits per heavy atom. The molecule has 1 aromatic heterocycles. The van der Waals surface area contributed by atoms with Crippen LogP contribution in [-0.2, 0) is 5.54 Å². The molecule has 0 spiro atoms. The van der Waals surface area contributed by atoms with Crippen LogP contribution in [0.3, 0.4) is 0 Å². The fourth-order valence-electron chi connectivity index (χ4n) is 6.34. The minimum Gasteiger partial charge on any atom is -0.396 e. The van der Waals surface area contributed by atoms with Crippen molar-refractivity contribution in [3.05, 3.63) is 173 Å². The number of nitrogens with zero attached hydrogens (tertiary/aromatic N) is 2. The molecule has 0 aliphatic carbocycles. The molecule has 0 fully saturated rings. The Balaban J connectivity index is 1.64. The number of hydrogen-bond donors (Lipinski definition) is 2. The lowest BCUT2D eigenvalue weighted by atomic mass is 9.76. The lowest BCUT2D eigenvalue weighted by Gasteiger charge is -2.37. The second-order valence-electron chi connectivity index (χ2n) is 10.8. The van der Waals surface area contributed by atoms with Gasteiger partial charge in [0, 0.05) is 24.3 Å². The predicted octanol–water partition coefficient (Wildman–Crippen LogP) is 6.74. The van der Waals surface area contributed by atoms with Crippen LogP contribution in [-0.4, -0.2) is 27.2 Å². The van der Waals surface area contributed by atoms with Gasteiger partial charge in [0.15, 0.2) is 0 Å². The van der Waals surface area contributed by atoms with Gasteiger partial charge in [0.05, 0.1) is 12.0 Å². The molecule has 42 heavy (non-hydrogen) atoms. The van der Waals surface area contributed by atoms with Crippen LogP contribution >= 0.6 is 0 Å². The molecular weight excluding hydrogens is 518 g/mol. The number of amides is 1. The predicted molar refractivity (Wildman–Crippen MR) is 167 cm³/mol. The van der Waals surface area contributed by atoms with Crippen LogP contribution in [0.1, 0.15) is 51.1 Å². The van der Waals surface area contributed by atoms with Crippen molar-refractivity contribution in [3.8, 4) is 0 Å². The van der Waals surface area contributed by atoms with Crippen LogP contribution in [0.4, 0.5) is 0 Å². The minimum atomic E-state index is -0.729. The van der Waals surface area contributed by atoms with E-state index < -0.39 is 11.4 Å². The van der Waals surface area contributed by atoms with Crippen molar-refractivity contribution >= 4 is 16.7 Å². The van der Waals surface area contributed by atoms with Gasteiger partial charge in [-0.15, -0.1) is 0 Å². The van der Waals surface area contributed by atoms with Crippen molar-refractivity contribution in [1.29, 1.82) is 0 Å². The van der Waals surface area contributed by atoms with Gasteiger partial charge < -0.3 is 15.4 Å². The monoisotopic (exact) mass is 551 g/mol. The van der Waals surface area contributed by atoms with Gasteiger partial charge in [-0.3, -0.25) is 4.79 Å². The normalized spacial score (nSPS) is 13.1. The Hall–Kier alpha value is -5.00. The van der Waals surface area contributed by atoms with Crippen molar-refractivity contribution in [1.82, 2.24) is 9.55 Å². The van der Waals surface area contributed by atoms with Crippen molar-refractivity contribution in [3.63, 3.8) is 0 Å². The van der Waals surface area contributed by atoms with Crippen molar-refractivity contribution in [2.24, 2.45) is 11.7 Å². The van der Waals surface area contributed by atoms with Gasteiger partial charge in [-0.1, -0.05) is 128 Å². The molecule has 5 heteroatoms. The third-order valence-electron chi connectivity index (χ3n) is 8.29. The molecule has 5 nitrogen and oxygen atoms in total. The van der Waals surface area contributed by atoms with Gasteiger partial charge >= 0.3 is 0 Å². The summed E-state index contributed by atoms with van der Waals surface area (Å²) < 4.78 is 2.16. The van der Waals surface area contributed by atoms with E-state index in [2.05, 4.69) is 83.6 Å². The molecule has 2 atom stereocenters. The summed E-state index contributed by atoms with van der Waals surface area (Å²) in [5, 5.41) is 12.4. The Morgan fingerprint density at radius 3 is 1.83 bits per heavy atom. The van der Waals surface area contributed by atoms with E-state index >= 15 is 0 Å². The van der Waals surface area contributed by atoms with E-state index in [1.807, 2.05) is 61.8 Å². The van der Waals surface area contributed by atoms with Crippen LogP contribution in [0.5, 0.6) is 0 Å². The average molecular weight is 552 g/mol. The third-order valence-corrected chi connectivity index (χ3v) is 8.29. The lowest BCUT2D eigenvalue weighted by molar-refractivity contribution is 0.0998. The first-order valence-corrected chi connectivity index (χ1v) is 14.2. The second kappa shape index (κ2) is 11.5. The molecule has 208 valence electrons. The standard InChI is InChI=1S/C37H33N3O2/c1-26(24-41)34(35-31-20-12-11-13-27(31)21-22-32(35)36(38)42)33-23-40(25-39-33)37(28-14-5-2-6-15-28,29-16-7-3-8-17-29)30-18-9-4-10-19-30/h2-23,25-26,34,41H,24H2,1H3,(H2,38,42). The van der Waals surface area contributed by atoms with Crippen LogP contribution in [0.15, 0.2) is 140 Å². The summed E-state index contributed by atoms with van der Waals surface area (Å²) >= 11 is 0. The molecule has 6 aromatic rings. The van der Waals surface area contributed by atoms with E-state index in [0.717, 1.165) is 38.7 Å². The quantitative estimate of drug-likeness (QED) is 0.195. The van der Waals surface area contributed by atoms with Gasteiger partial charge in [0.2, 0.25) is 5.91 Å². The topological polar surface area (TPSA) is 81.1 Å². The van der Waals surface area contributed by atoms with E-state index in [1.165, 1.54) is 0 Å². The molecule has 0 aliphatic heterocycles. The largest absolute Gasteiger partial charge is 0.396 e. The fraction of sp³-hybridized carbons (Fsp3) is 0.135. The van der Waals surface area contributed by atoms with Crippen LogP contribution in [0.2, 0.25) is 0 Å². The highest BCUT2D eigenvalue weighted by atomic mass is 16.3. The number of carbonyl (C=O) groups excluding carboxylic acids is 1. The number of hydrogen-bond acceptors (Lipinski definition) is 3. The van der Waals surface area contributed by atoms with Gasteiger partial charge in [-0.2, -0.15) is 0 Å². The zero-order chi connectivity index (χ0) is 29.1. The Morgan fingerprint density at radius 2 is 1.31 bits per heavy atom. The zero-order valence-electron chi connectivity index (χ0n) is 23.5. The molecule has 0 aliphatic rings. The fourth-order valence-corrected chi connectivity index (χ4v) is 6.34. The first-order valence-electron chi connectivity index (χ1n) is 14.2. The molecule has 5 aromatic carbocycles. The number of imidazole rings is 1. The lowest BCUT2D eigenvalue weighted by Crippen LogP contribution is -2.37. The molecule has 1 amide bonds. The number of primary amides is 1. The smallest absolute Gasteiger partial charge is 0.249 e. The first-order chi connectivity index (χ1) is 20.6. The zero-order valence-corrected chi connectivity index (χ0v) is 23.5. The molecule has 1 heterocycles. The number of aromatic nitrogens is 2. The van der Waals surface area contributed by atoms with Gasteiger partial charge in [-0.05, 0) is 45.0 Å². The molecule has 0 radical (unpaired) electrons. The highest BCUT2D eigenvalue weighted by molar-refractivity contribution is 6.01. The first kappa shape index (κ1) is 27.2. The van der Waals surface area contributed by atoms with Crippen molar-refractivity contribution < 1.29 is 9.90 Å². The molecule has 3 N–H and O–H groups in total. The van der Waals surface area contributed by atoms with Crippen LogP contribution in [0, 0.1) is 5.92 Å². The maximum atomic E-state index is 12.8. The highest BCUT2D eigenvalue weighted by Gasteiger charge is 2.39. The van der Waals surface area contributed by atoms with Crippen LogP contribution in [0.25, 0.3) is 10.8 Å². The molecule has 0 bridgehead atoms. The summed E-state index contributed by atoms with van der Waals surface area (Å²) in [6.45, 7) is 1.90. The van der Waals surface area contributed by atoms with E-state index in [1.54, 1.807) is 6.07 Å². The average Bonchev–Trinajstić information content (AvgIpc) is 3.52. The molecule has 6 rings (SSSR count). The van der Waals surface area contributed by atoms with E-state index in [0.29, 0.717) is 5.56 Å². The molecule has 0 saturated carbocycles. The third kappa shape index (κ3) is 4.58. The number of aliphatic hydroxyl groups excluding tert-OH is 1. The number of benzene rings is 5. The number of aliphatic hydroxyl groups is 1. The van der Waals surface area contributed by atoms with E-state index in [4.69, 9.17) is 10.7 Å². The summed E-state index contributed by atoms with van der Waals surface area (Å²) in [5.74, 6) is -1.13. The SMILES string of the molecule is CC(CO)C(c1cn(C(c2ccccc2)(c2ccccc2)c2ccccc2)cn1)c1c(C(N)=O)ccc2ccccc12. The van der Waals surface area contributed by atoms with Gasteiger partial charge in [0.25, 0.3) is 0 Å². The minimum absolute atomic E-state index is 0.0832. The summed E-state index contributed by atoms with van der Waals surface area (Å²) in [7, 11) is 0. The summed E-state index contributed by atoms with van der Waals surface area (Å²) in [4.78, 5) is 17.8. The Kier molecular flexibility index (Phi) is 7.43. The van der Waals surface area contributed by atoms with Crippen LogP contribution < -0.4 is 5.73 Å². The Bertz CT molecular complexity index is 1720. The maximum Gasteiger partial charge on any atom is 0.249 e. The Labute approximate surface area is 245 Å². The number of rotatable bonds is 9. The molecular formula is C37H33N3O2. The molecule has 0 saturated heterocycles. The second-order valence-corrected chi connectivity index (χ2v) is 10.8. The highest BCUT2D eigenvalue weighted by Crippen LogP contribution is 2.43. The van der Waals surface area contributed by atoms with Crippen molar-refractivity contribution in [2.45, 2.75) is 18.4 Å². The summed E-state index contributed by atoms with van der Waals surface area (Å²) in [5.41, 5.74) is 10.4. The van der Waals surface area contributed by atoms with Gasteiger partial charge in [-0.25, -0.2) is 4.98 Å².